The molecule has 0 bridgehead atoms. The molecule has 23 heavy (non-hydrogen) atoms. The highest BCUT2D eigenvalue weighted by Gasteiger charge is 2.22. The maximum atomic E-state index is 12.4. The fourth-order valence-electron chi connectivity index (χ4n) is 3.97. The van der Waals surface area contributed by atoms with E-state index in [1.165, 1.54) is 34.0 Å². The largest absolute Gasteiger partial charge is 0.289 e. The van der Waals surface area contributed by atoms with E-state index >= 15 is 0 Å². The number of fused-ring (bicyclic) bond motifs is 4. The van der Waals surface area contributed by atoms with Gasteiger partial charge in [0.25, 0.3) is 0 Å². The molecule has 0 heterocycles. The summed E-state index contributed by atoms with van der Waals surface area (Å²) in [6.07, 6.45) is 0. The maximum Gasteiger partial charge on any atom is 0.187 e. The van der Waals surface area contributed by atoms with Crippen LogP contribution in [0.25, 0.3) is 21.5 Å². The van der Waals surface area contributed by atoms with Crippen LogP contribution in [-0.2, 0) is 0 Å². The Morgan fingerprint density at radius 2 is 1.39 bits per heavy atom. The lowest BCUT2D eigenvalue weighted by molar-refractivity contribution is 0.883. The SMILES string of the molecule is Cc1ccc2c(C)c3c4c(=O)ccc(=O)c=4c3c(C(C)C)c2c1. The molecule has 0 saturated carbocycles. The van der Waals surface area contributed by atoms with E-state index in [9.17, 15) is 9.59 Å². The first-order valence-corrected chi connectivity index (χ1v) is 8.00. The molecule has 0 N–H and O–H groups in total. The Morgan fingerprint density at radius 3 is 2.00 bits per heavy atom. The lowest BCUT2D eigenvalue weighted by Crippen LogP contribution is -2.17. The summed E-state index contributed by atoms with van der Waals surface area (Å²) in [6, 6.07) is 9.24. The molecule has 0 unspecified atom stereocenters. The predicted octanol–water partition coefficient (Wildman–Crippen LogP) is 4.05. The Kier molecular flexibility index (Phi) is 2.77. The topological polar surface area (TPSA) is 34.1 Å². The van der Waals surface area contributed by atoms with Crippen LogP contribution >= 0.6 is 0 Å². The predicted molar refractivity (Wildman–Crippen MR) is 95.2 cm³/mol. The highest BCUT2D eigenvalue weighted by Crippen LogP contribution is 2.39. The third-order valence-electron chi connectivity index (χ3n) is 4.97. The van der Waals surface area contributed by atoms with Crippen LogP contribution in [0, 0.1) is 24.3 Å². The van der Waals surface area contributed by atoms with Crippen LogP contribution in [-0.4, -0.2) is 0 Å². The highest BCUT2D eigenvalue weighted by molar-refractivity contribution is 6.09. The van der Waals surface area contributed by atoms with Gasteiger partial charge < -0.3 is 0 Å². The van der Waals surface area contributed by atoms with Crippen molar-refractivity contribution in [2.45, 2.75) is 33.6 Å². The quantitative estimate of drug-likeness (QED) is 0.531. The number of hydrogen-bond acceptors (Lipinski definition) is 2. The van der Waals surface area contributed by atoms with E-state index in [0.717, 1.165) is 16.3 Å². The van der Waals surface area contributed by atoms with Crippen molar-refractivity contribution in [2.24, 2.45) is 0 Å². The van der Waals surface area contributed by atoms with Gasteiger partial charge in [0.15, 0.2) is 10.9 Å². The van der Waals surface area contributed by atoms with Gasteiger partial charge in [-0.25, -0.2) is 0 Å². The Hall–Kier alpha value is -2.48. The first-order chi connectivity index (χ1) is 10.9. The van der Waals surface area contributed by atoms with Crippen molar-refractivity contribution in [3.8, 4) is 0 Å². The standard InChI is InChI=1S/C21H18O2/c1-10(2)17-14-9-11(3)5-6-13(14)12(4)18-19-15(22)7-8-16(23)20(19)21(17)18/h5-10H,1-4H3. The molecule has 0 atom stereocenters. The summed E-state index contributed by atoms with van der Waals surface area (Å²) in [7, 11) is 0. The average molecular weight is 302 g/mol. The second kappa shape index (κ2) is 4.51. The molecule has 4 rings (SSSR count). The number of aryl methyl sites for hydroxylation is 2. The number of benzene rings is 2. The molecule has 0 aromatic heterocycles. The van der Waals surface area contributed by atoms with Crippen LogP contribution in [0.1, 0.15) is 36.5 Å². The van der Waals surface area contributed by atoms with E-state index in [1.54, 1.807) is 0 Å². The molecular weight excluding hydrogens is 284 g/mol. The van der Waals surface area contributed by atoms with Crippen molar-refractivity contribution in [2.75, 3.05) is 0 Å². The van der Waals surface area contributed by atoms with Crippen LogP contribution in [0.15, 0.2) is 39.9 Å². The van der Waals surface area contributed by atoms with Crippen LogP contribution in [0.2, 0.25) is 0 Å². The fraction of sp³-hybridized carbons (Fsp3) is 0.238. The molecular formula is C21H18O2. The second-order valence-electron chi connectivity index (χ2n) is 6.80. The van der Waals surface area contributed by atoms with Gasteiger partial charge >= 0.3 is 0 Å². The second-order valence-corrected chi connectivity index (χ2v) is 6.80. The zero-order valence-corrected chi connectivity index (χ0v) is 13.8. The maximum absolute atomic E-state index is 12.4. The van der Waals surface area contributed by atoms with Crippen LogP contribution < -0.4 is 10.9 Å². The first kappa shape index (κ1) is 14.1. The van der Waals surface area contributed by atoms with Gasteiger partial charge in [0.1, 0.15) is 0 Å². The van der Waals surface area contributed by atoms with Crippen LogP contribution in [0.3, 0.4) is 0 Å². The van der Waals surface area contributed by atoms with Gasteiger partial charge in [-0.1, -0.05) is 37.6 Å². The molecule has 0 saturated heterocycles. The molecule has 0 fully saturated rings. The lowest BCUT2D eigenvalue weighted by atomic mass is 9.81. The summed E-state index contributed by atoms with van der Waals surface area (Å²) >= 11 is 0. The van der Waals surface area contributed by atoms with Crippen molar-refractivity contribution in [3.05, 3.63) is 77.9 Å². The summed E-state index contributed by atoms with van der Waals surface area (Å²) in [5.74, 6) is 0.288. The molecule has 0 aliphatic heterocycles. The number of rotatable bonds is 1. The van der Waals surface area contributed by atoms with Gasteiger partial charge in [-0.3, -0.25) is 9.59 Å². The van der Waals surface area contributed by atoms with Gasteiger partial charge in [-0.15, -0.1) is 0 Å². The molecule has 0 spiro atoms. The van der Waals surface area contributed by atoms with Crippen molar-refractivity contribution in [1.82, 2.24) is 0 Å². The molecule has 2 heteroatoms. The zero-order chi connectivity index (χ0) is 16.5. The lowest BCUT2D eigenvalue weighted by Gasteiger charge is -2.21. The van der Waals surface area contributed by atoms with Gasteiger partial charge in [-0.05, 0) is 64.6 Å². The minimum Gasteiger partial charge on any atom is -0.289 e. The van der Waals surface area contributed by atoms with Crippen LogP contribution in [0.4, 0.5) is 0 Å². The Balaban J connectivity index is 2.46. The zero-order valence-electron chi connectivity index (χ0n) is 13.8. The van der Waals surface area contributed by atoms with Gasteiger partial charge in [0, 0.05) is 10.4 Å². The minimum atomic E-state index is -0.0450. The van der Waals surface area contributed by atoms with Crippen molar-refractivity contribution in [1.29, 1.82) is 0 Å². The normalized spacial score (nSPS) is 12.2. The van der Waals surface area contributed by atoms with Crippen LogP contribution in [0.5, 0.6) is 0 Å². The third kappa shape index (κ3) is 1.69. The Labute approximate surface area is 133 Å². The summed E-state index contributed by atoms with van der Waals surface area (Å²) in [5, 5.41) is 5.63. The number of hydrogen-bond donors (Lipinski definition) is 0. The summed E-state index contributed by atoms with van der Waals surface area (Å²) in [5.41, 5.74) is 3.42. The van der Waals surface area contributed by atoms with E-state index in [4.69, 9.17) is 0 Å². The Morgan fingerprint density at radius 1 is 0.783 bits per heavy atom. The summed E-state index contributed by atoms with van der Waals surface area (Å²) in [4.78, 5) is 24.6. The fourth-order valence-corrected chi connectivity index (χ4v) is 3.97. The van der Waals surface area contributed by atoms with Crippen molar-refractivity contribution >= 4 is 21.5 Å². The molecule has 2 aliphatic rings. The first-order valence-electron chi connectivity index (χ1n) is 8.00. The molecule has 2 aromatic carbocycles. The van der Waals surface area contributed by atoms with Crippen molar-refractivity contribution < 1.29 is 0 Å². The van der Waals surface area contributed by atoms with E-state index in [1.807, 2.05) is 0 Å². The summed E-state index contributed by atoms with van der Waals surface area (Å²) < 4.78 is 0. The smallest absolute Gasteiger partial charge is 0.187 e. The highest BCUT2D eigenvalue weighted by atomic mass is 16.1. The van der Waals surface area contributed by atoms with Gasteiger partial charge in [0.2, 0.25) is 0 Å². The Bertz CT molecular complexity index is 1240. The van der Waals surface area contributed by atoms with E-state index in [-0.39, 0.29) is 16.8 Å². The molecule has 114 valence electrons. The van der Waals surface area contributed by atoms with E-state index in [0.29, 0.717) is 10.4 Å². The molecule has 0 radical (unpaired) electrons. The molecule has 2 aromatic rings. The molecule has 0 amide bonds. The molecule has 2 aliphatic carbocycles. The monoisotopic (exact) mass is 302 g/mol. The van der Waals surface area contributed by atoms with Gasteiger partial charge in [-0.2, -0.15) is 0 Å². The molecule has 2 nitrogen and oxygen atoms in total. The average Bonchev–Trinajstić information content (AvgIpc) is 2.46. The van der Waals surface area contributed by atoms with E-state index < -0.39 is 0 Å². The van der Waals surface area contributed by atoms with E-state index in [2.05, 4.69) is 45.9 Å². The summed E-state index contributed by atoms with van der Waals surface area (Å²) in [6.45, 7) is 8.44. The van der Waals surface area contributed by atoms with Crippen molar-refractivity contribution in [3.63, 3.8) is 0 Å². The van der Waals surface area contributed by atoms with Gasteiger partial charge in [0.05, 0.1) is 0 Å². The minimum absolute atomic E-state index is 0.0413. The third-order valence-corrected chi connectivity index (χ3v) is 4.97.